The van der Waals surface area contributed by atoms with Crippen molar-refractivity contribution in [3.63, 3.8) is 0 Å². The van der Waals surface area contributed by atoms with Gasteiger partial charge in [-0.1, -0.05) is 52.3 Å². The van der Waals surface area contributed by atoms with E-state index < -0.39 is 0 Å². The highest BCUT2D eigenvalue weighted by Crippen LogP contribution is 2.35. The average Bonchev–Trinajstić information content (AvgIpc) is 3.32. The van der Waals surface area contributed by atoms with Crippen molar-refractivity contribution in [2.24, 2.45) is 0 Å². The molecule has 1 amide bonds. The fourth-order valence-electron chi connectivity index (χ4n) is 2.83. The Hall–Kier alpha value is -2.63. The molecule has 5 heteroatoms. The van der Waals surface area contributed by atoms with Crippen LogP contribution in [0.2, 0.25) is 0 Å². The molecule has 2 heterocycles. The van der Waals surface area contributed by atoms with E-state index in [0.29, 0.717) is 4.88 Å². The molecule has 0 radical (unpaired) electrons. The lowest BCUT2D eigenvalue weighted by Gasteiger charge is -2.10. The molecular weight excluding hydrogens is 408 g/mol. The van der Waals surface area contributed by atoms with Gasteiger partial charge in [-0.15, -0.1) is 11.3 Å². The number of halogens is 1. The molecule has 0 aliphatic carbocycles. The van der Waals surface area contributed by atoms with Crippen molar-refractivity contribution in [2.75, 3.05) is 5.32 Å². The first-order valence-electron chi connectivity index (χ1n) is 8.09. The zero-order valence-electron chi connectivity index (χ0n) is 13.7. The molecule has 0 fully saturated rings. The fourth-order valence-corrected chi connectivity index (χ4v) is 4.20. The van der Waals surface area contributed by atoms with Gasteiger partial charge < -0.3 is 9.88 Å². The number of nitrogens with zero attached hydrogens (tertiary/aromatic N) is 1. The zero-order valence-corrected chi connectivity index (χ0v) is 16.1. The number of rotatable bonds is 4. The van der Waals surface area contributed by atoms with E-state index in [-0.39, 0.29) is 5.91 Å². The number of hydrogen-bond donors (Lipinski definition) is 1. The number of anilines is 1. The lowest BCUT2D eigenvalue weighted by molar-refractivity contribution is 0.103. The van der Waals surface area contributed by atoms with Crippen molar-refractivity contribution in [2.45, 2.75) is 0 Å². The SMILES string of the molecule is O=C(Nc1cccc(Br)c1)c1scc(-c2ccccc2)c1-n1cccc1. The summed E-state index contributed by atoms with van der Waals surface area (Å²) in [4.78, 5) is 13.6. The van der Waals surface area contributed by atoms with Gasteiger partial charge in [0.15, 0.2) is 0 Å². The van der Waals surface area contributed by atoms with E-state index in [4.69, 9.17) is 0 Å². The first-order valence-corrected chi connectivity index (χ1v) is 9.77. The third kappa shape index (κ3) is 3.36. The van der Waals surface area contributed by atoms with Gasteiger partial charge in [-0.05, 0) is 35.9 Å². The molecule has 0 atom stereocenters. The minimum Gasteiger partial charge on any atom is -0.322 e. The molecule has 0 saturated heterocycles. The first-order chi connectivity index (χ1) is 12.7. The number of benzene rings is 2. The minimum atomic E-state index is -0.112. The van der Waals surface area contributed by atoms with E-state index in [1.54, 1.807) is 0 Å². The van der Waals surface area contributed by atoms with Crippen LogP contribution >= 0.6 is 27.3 Å². The summed E-state index contributed by atoms with van der Waals surface area (Å²) in [5.74, 6) is -0.112. The van der Waals surface area contributed by atoms with Crippen LogP contribution in [0.15, 0.2) is 89.0 Å². The highest BCUT2D eigenvalue weighted by Gasteiger charge is 2.20. The molecule has 2 aromatic carbocycles. The number of carbonyl (C=O) groups is 1. The Balaban J connectivity index is 1.77. The van der Waals surface area contributed by atoms with E-state index in [1.807, 2.05) is 76.9 Å². The van der Waals surface area contributed by atoms with Crippen molar-refractivity contribution in [3.8, 4) is 16.8 Å². The highest BCUT2D eigenvalue weighted by molar-refractivity contribution is 9.10. The molecule has 0 saturated carbocycles. The van der Waals surface area contributed by atoms with Gasteiger partial charge in [0.05, 0.1) is 5.69 Å². The summed E-state index contributed by atoms with van der Waals surface area (Å²) in [5, 5.41) is 5.04. The van der Waals surface area contributed by atoms with Gasteiger partial charge in [0.1, 0.15) is 4.88 Å². The van der Waals surface area contributed by atoms with Gasteiger partial charge in [-0.2, -0.15) is 0 Å². The lowest BCUT2D eigenvalue weighted by Crippen LogP contribution is -2.12. The van der Waals surface area contributed by atoms with Gasteiger partial charge in [-0.3, -0.25) is 4.79 Å². The summed E-state index contributed by atoms with van der Waals surface area (Å²) in [6.45, 7) is 0. The molecule has 0 aliphatic heterocycles. The van der Waals surface area contributed by atoms with Crippen molar-refractivity contribution < 1.29 is 4.79 Å². The molecular formula is C21H15BrN2OS. The van der Waals surface area contributed by atoms with Gasteiger partial charge in [0.25, 0.3) is 5.91 Å². The van der Waals surface area contributed by atoms with E-state index in [1.165, 1.54) is 11.3 Å². The molecule has 128 valence electrons. The largest absolute Gasteiger partial charge is 0.322 e. The summed E-state index contributed by atoms with van der Waals surface area (Å²) in [7, 11) is 0. The lowest BCUT2D eigenvalue weighted by atomic mass is 10.1. The Morgan fingerprint density at radius 2 is 1.73 bits per heavy atom. The second-order valence-corrected chi connectivity index (χ2v) is 7.54. The molecule has 4 rings (SSSR count). The van der Waals surface area contributed by atoms with Crippen LogP contribution in [0, 0.1) is 0 Å². The van der Waals surface area contributed by atoms with Crippen molar-refractivity contribution in [1.29, 1.82) is 0 Å². The Morgan fingerprint density at radius 3 is 2.46 bits per heavy atom. The normalized spacial score (nSPS) is 10.7. The molecule has 3 nitrogen and oxygen atoms in total. The Kier molecular flexibility index (Phi) is 4.73. The summed E-state index contributed by atoms with van der Waals surface area (Å²) in [6.07, 6.45) is 3.93. The topological polar surface area (TPSA) is 34.0 Å². The molecule has 4 aromatic rings. The molecule has 0 spiro atoms. The van der Waals surface area contributed by atoms with Crippen LogP contribution in [-0.2, 0) is 0 Å². The highest BCUT2D eigenvalue weighted by atomic mass is 79.9. The standard InChI is InChI=1S/C21H15BrN2OS/c22-16-9-6-10-17(13-16)23-21(25)20-19(24-11-4-5-12-24)18(14-26-20)15-7-2-1-3-8-15/h1-14H,(H,23,25). The Labute approximate surface area is 164 Å². The predicted molar refractivity (Wildman–Crippen MR) is 111 cm³/mol. The molecule has 1 N–H and O–H groups in total. The summed E-state index contributed by atoms with van der Waals surface area (Å²) < 4.78 is 2.92. The van der Waals surface area contributed by atoms with Crippen LogP contribution in [0.5, 0.6) is 0 Å². The number of thiophene rings is 1. The van der Waals surface area contributed by atoms with Crippen LogP contribution in [0.25, 0.3) is 16.8 Å². The zero-order chi connectivity index (χ0) is 17.9. The molecule has 0 aliphatic rings. The number of nitrogens with one attached hydrogen (secondary N) is 1. The maximum absolute atomic E-state index is 13.0. The number of carbonyl (C=O) groups excluding carboxylic acids is 1. The monoisotopic (exact) mass is 422 g/mol. The summed E-state index contributed by atoms with van der Waals surface area (Å²) in [6, 6.07) is 21.6. The fraction of sp³-hybridized carbons (Fsp3) is 0. The molecule has 26 heavy (non-hydrogen) atoms. The van der Waals surface area contributed by atoms with E-state index in [9.17, 15) is 4.79 Å². The maximum atomic E-state index is 13.0. The Bertz CT molecular complexity index is 1040. The van der Waals surface area contributed by atoms with Gasteiger partial charge in [-0.25, -0.2) is 0 Å². The predicted octanol–water partition coefficient (Wildman–Crippen LogP) is 6.22. The van der Waals surface area contributed by atoms with E-state index in [0.717, 1.165) is 27.0 Å². The van der Waals surface area contributed by atoms with Crippen molar-refractivity contribution in [3.05, 3.63) is 93.9 Å². The number of aromatic nitrogens is 1. The Morgan fingerprint density at radius 1 is 0.962 bits per heavy atom. The second-order valence-electron chi connectivity index (χ2n) is 5.75. The average molecular weight is 423 g/mol. The number of amides is 1. The van der Waals surface area contributed by atoms with Crippen LogP contribution < -0.4 is 5.32 Å². The second kappa shape index (κ2) is 7.32. The first kappa shape index (κ1) is 16.8. The quantitative estimate of drug-likeness (QED) is 0.415. The van der Waals surface area contributed by atoms with E-state index in [2.05, 4.69) is 33.4 Å². The van der Waals surface area contributed by atoms with Gasteiger partial charge >= 0.3 is 0 Å². The van der Waals surface area contributed by atoms with Crippen LogP contribution in [0.4, 0.5) is 5.69 Å². The summed E-state index contributed by atoms with van der Waals surface area (Å²) in [5.41, 5.74) is 3.80. The van der Waals surface area contributed by atoms with E-state index >= 15 is 0 Å². The smallest absolute Gasteiger partial charge is 0.267 e. The van der Waals surface area contributed by atoms with Crippen LogP contribution in [-0.4, -0.2) is 10.5 Å². The molecule has 0 bridgehead atoms. The van der Waals surface area contributed by atoms with Crippen molar-refractivity contribution >= 4 is 38.9 Å². The third-order valence-corrected chi connectivity index (χ3v) is 5.46. The third-order valence-electron chi connectivity index (χ3n) is 4.00. The molecule has 0 unspecified atom stereocenters. The van der Waals surface area contributed by atoms with Gasteiger partial charge in [0, 0.05) is 33.5 Å². The number of hydrogen-bond acceptors (Lipinski definition) is 2. The maximum Gasteiger partial charge on any atom is 0.267 e. The summed E-state index contributed by atoms with van der Waals surface area (Å²) >= 11 is 4.89. The van der Waals surface area contributed by atoms with Crippen LogP contribution in [0.1, 0.15) is 9.67 Å². The molecule has 2 aromatic heterocycles. The van der Waals surface area contributed by atoms with Gasteiger partial charge in [0.2, 0.25) is 0 Å². The van der Waals surface area contributed by atoms with Crippen molar-refractivity contribution in [1.82, 2.24) is 4.57 Å². The van der Waals surface area contributed by atoms with Crippen LogP contribution in [0.3, 0.4) is 0 Å². The minimum absolute atomic E-state index is 0.112.